The van der Waals surface area contributed by atoms with Crippen LogP contribution in [0.1, 0.15) is 38.1 Å². The van der Waals surface area contributed by atoms with Gasteiger partial charge in [0.25, 0.3) is 0 Å². The molecule has 1 aromatic carbocycles. The first-order chi connectivity index (χ1) is 9.47. The molecule has 0 spiro atoms. The fourth-order valence-corrected chi connectivity index (χ4v) is 2.30. The summed E-state index contributed by atoms with van der Waals surface area (Å²) in [4.78, 5) is 0. The Morgan fingerprint density at radius 3 is 2.50 bits per heavy atom. The molecule has 1 heterocycles. The van der Waals surface area contributed by atoms with Gasteiger partial charge in [0.05, 0.1) is 23.5 Å². The van der Waals surface area contributed by atoms with E-state index in [2.05, 4.69) is 23.5 Å². The van der Waals surface area contributed by atoms with E-state index in [1.807, 2.05) is 56.8 Å². The molecular weight excluding hydrogens is 250 g/mol. The van der Waals surface area contributed by atoms with Gasteiger partial charge < -0.3 is 10.1 Å². The summed E-state index contributed by atoms with van der Waals surface area (Å²) < 4.78 is 7.68. The molecule has 0 saturated carbocycles. The van der Waals surface area contributed by atoms with E-state index in [4.69, 9.17) is 4.74 Å². The summed E-state index contributed by atoms with van der Waals surface area (Å²) in [6.07, 6.45) is 2.22. The first-order valence-electron chi connectivity index (χ1n) is 6.99. The molecular formula is C16H23N3O. The first kappa shape index (κ1) is 14.4. The van der Waals surface area contributed by atoms with Crippen molar-refractivity contribution >= 4 is 5.69 Å². The van der Waals surface area contributed by atoms with E-state index in [0.29, 0.717) is 0 Å². The average Bonchev–Trinajstić information content (AvgIpc) is 2.70. The highest BCUT2D eigenvalue weighted by Crippen LogP contribution is 2.29. The molecule has 0 saturated heterocycles. The molecule has 108 valence electrons. The Bertz CT molecular complexity index is 575. The maximum absolute atomic E-state index is 5.83. The Labute approximate surface area is 120 Å². The van der Waals surface area contributed by atoms with Gasteiger partial charge in [-0.3, -0.25) is 4.68 Å². The number of anilines is 1. The summed E-state index contributed by atoms with van der Waals surface area (Å²) in [5.41, 5.74) is 3.26. The molecule has 1 unspecified atom stereocenters. The van der Waals surface area contributed by atoms with Crippen LogP contribution in [0.2, 0.25) is 0 Å². The van der Waals surface area contributed by atoms with Crippen molar-refractivity contribution in [3.63, 3.8) is 0 Å². The molecule has 0 bridgehead atoms. The van der Waals surface area contributed by atoms with E-state index < -0.39 is 0 Å². The highest BCUT2D eigenvalue weighted by molar-refractivity contribution is 5.57. The van der Waals surface area contributed by atoms with Crippen molar-refractivity contribution in [2.24, 2.45) is 7.05 Å². The van der Waals surface area contributed by atoms with Crippen molar-refractivity contribution in [1.29, 1.82) is 0 Å². The van der Waals surface area contributed by atoms with Gasteiger partial charge in [0, 0.05) is 18.8 Å². The second-order valence-electron chi connectivity index (χ2n) is 5.37. The summed E-state index contributed by atoms with van der Waals surface area (Å²) in [6, 6.07) is 8.22. The Morgan fingerprint density at radius 2 is 1.90 bits per heavy atom. The quantitative estimate of drug-likeness (QED) is 0.903. The van der Waals surface area contributed by atoms with Gasteiger partial charge in [0.1, 0.15) is 5.75 Å². The zero-order valence-electron chi connectivity index (χ0n) is 12.8. The SMILES string of the molecule is Cc1nn(C)cc1C(C)Nc1ccccc1OC(C)C. The minimum absolute atomic E-state index is 0.161. The van der Waals surface area contributed by atoms with Crippen LogP contribution in [-0.4, -0.2) is 15.9 Å². The van der Waals surface area contributed by atoms with Crippen LogP contribution in [0.5, 0.6) is 5.75 Å². The van der Waals surface area contributed by atoms with E-state index in [1.54, 1.807) is 0 Å². The van der Waals surface area contributed by atoms with Gasteiger partial charge >= 0.3 is 0 Å². The summed E-state index contributed by atoms with van der Waals surface area (Å²) in [6.45, 7) is 8.23. The smallest absolute Gasteiger partial charge is 0.142 e. The number of ether oxygens (including phenoxy) is 1. The van der Waals surface area contributed by atoms with Gasteiger partial charge in [0.15, 0.2) is 0 Å². The van der Waals surface area contributed by atoms with E-state index >= 15 is 0 Å². The molecule has 1 atom stereocenters. The molecule has 0 fully saturated rings. The van der Waals surface area contributed by atoms with Crippen molar-refractivity contribution in [3.05, 3.63) is 41.7 Å². The Morgan fingerprint density at radius 1 is 1.20 bits per heavy atom. The minimum atomic E-state index is 0.161. The summed E-state index contributed by atoms with van der Waals surface area (Å²) in [5, 5.41) is 7.90. The van der Waals surface area contributed by atoms with E-state index in [0.717, 1.165) is 17.1 Å². The Balaban J connectivity index is 2.19. The van der Waals surface area contributed by atoms with E-state index in [1.165, 1.54) is 5.56 Å². The monoisotopic (exact) mass is 273 g/mol. The fraction of sp³-hybridized carbons (Fsp3) is 0.438. The van der Waals surface area contributed by atoms with Crippen molar-refractivity contribution < 1.29 is 4.74 Å². The second-order valence-corrected chi connectivity index (χ2v) is 5.37. The third kappa shape index (κ3) is 3.32. The van der Waals surface area contributed by atoms with E-state index in [9.17, 15) is 0 Å². The van der Waals surface area contributed by atoms with Crippen LogP contribution in [-0.2, 0) is 7.05 Å². The molecule has 0 aliphatic heterocycles. The third-order valence-electron chi connectivity index (χ3n) is 3.14. The van der Waals surface area contributed by atoms with Crippen LogP contribution in [0.25, 0.3) is 0 Å². The van der Waals surface area contributed by atoms with Crippen molar-refractivity contribution in [1.82, 2.24) is 9.78 Å². The normalized spacial score (nSPS) is 12.5. The van der Waals surface area contributed by atoms with Gasteiger partial charge in [-0.15, -0.1) is 0 Å². The minimum Gasteiger partial charge on any atom is -0.489 e. The lowest BCUT2D eigenvalue weighted by Gasteiger charge is -2.19. The molecule has 2 aromatic rings. The molecule has 1 aromatic heterocycles. The van der Waals surface area contributed by atoms with Crippen molar-refractivity contribution in [2.45, 2.75) is 39.8 Å². The first-order valence-corrected chi connectivity index (χ1v) is 6.99. The number of hydrogen-bond donors (Lipinski definition) is 1. The zero-order chi connectivity index (χ0) is 14.7. The lowest BCUT2D eigenvalue weighted by molar-refractivity contribution is 0.243. The molecule has 4 heteroatoms. The summed E-state index contributed by atoms with van der Waals surface area (Å²) >= 11 is 0. The number of aromatic nitrogens is 2. The number of aryl methyl sites for hydroxylation is 2. The predicted molar refractivity (Wildman–Crippen MR) is 82.2 cm³/mol. The molecule has 0 radical (unpaired) electrons. The molecule has 0 aliphatic carbocycles. The van der Waals surface area contributed by atoms with Crippen LogP contribution in [0.4, 0.5) is 5.69 Å². The number of rotatable bonds is 5. The molecule has 1 N–H and O–H groups in total. The lowest BCUT2D eigenvalue weighted by atomic mass is 10.1. The zero-order valence-corrected chi connectivity index (χ0v) is 12.8. The fourth-order valence-electron chi connectivity index (χ4n) is 2.30. The topological polar surface area (TPSA) is 39.1 Å². The van der Waals surface area contributed by atoms with Crippen LogP contribution >= 0.6 is 0 Å². The highest BCUT2D eigenvalue weighted by atomic mass is 16.5. The Kier molecular flexibility index (Phi) is 4.32. The van der Waals surface area contributed by atoms with Crippen molar-refractivity contribution in [3.8, 4) is 5.75 Å². The van der Waals surface area contributed by atoms with Gasteiger partial charge in [-0.25, -0.2) is 0 Å². The van der Waals surface area contributed by atoms with Crippen LogP contribution in [0, 0.1) is 6.92 Å². The number of para-hydroxylation sites is 2. The predicted octanol–water partition coefficient (Wildman–Crippen LogP) is 3.69. The molecule has 0 amide bonds. The van der Waals surface area contributed by atoms with Gasteiger partial charge in [-0.2, -0.15) is 5.10 Å². The van der Waals surface area contributed by atoms with Crippen LogP contribution in [0.15, 0.2) is 30.5 Å². The summed E-state index contributed by atoms with van der Waals surface area (Å²) in [7, 11) is 1.94. The summed E-state index contributed by atoms with van der Waals surface area (Å²) in [5.74, 6) is 0.885. The largest absolute Gasteiger partial charge is 0.489 e. The van der Waals surface area contributed by atoms with E-state index in [-0.39, 0.29) is 12.1 Å². The number of nitrogens with zero attached hydrogens (tertiary/aromatic N) is 2. The maximum Gasteiger partial charge on any atom is 0.142 e. The van der Waals surface area contributed by atoms with Crippen LogP contribution < -0.4 is 10.1 Å². The molecule has 2 rings (SSSR count). The number of nitrogens with one attached hydrogen (secondary N) is 1. The van der Waals surface area contributed by atoms with Crippen LogP contribution in [0.3, 0.4) is 0 Å². The molecule has 20 heavy (non-hydrogen) atoms. The lowest BCUT2D eigenvalue weighted by Crippen LogP contribution is -2.11. The number of benzene rings is 1. The Hall–Kier alpha value is -1.97. The standard InChI is InChI=1S/C16H23N3O/c1-11(2)20-16-9-7-6-8-15(16)17-12(3)14-10-19(5)18-13(14)4/h6-12,17H,1-5H3. The number of hydrogen-bond acceptors (Lipinski definition) is 3. The van der Waals surface area contributed by atoms with Gasteiger partial charge in [-0.1, -0.05) is 12.1 Å². The van der Waals surface area contributed by atoms with Gasteiger partial charge in [0.2, 0.25) is 0 Å². The maximum atomic E-state index is 5.83. The third-order valence-corrected chi connectivity index (χ3v) is 3.14. The van der Waals surface area contributed by atoms with Crippen molar-refractivity contribution in [2.75, 3.05) is 5.32 Å². The second kappa shape index (κ2) is 5.99. The van der Waals surface area contributed by atoms with Gasteiger partial charge in [-0.05, 0) is 39.8 Å². The average molecular weight is 273 g/mol. The molecule has 4 nitrogen and oxygen atoms in total. The molecule has 0 aliphatic rings. The highest BCUT2D eigenvalue weighted by Gasteiger charge is 2.13.